The molecule has 1 aromatic rings. The first-order valence-electron chi connectivity index (χ1n) is 5.65. The van der Waals surface area contributed by atoms with E-state index in [1.54, 1.807) is 20.8 Å². The van der Waals surface area contributed by atoms with Gasteiger partial charge in [-0.1, -0.05) is 0 Å². The fourth-order valence-electron chi connectivity index (χ4n) is 1.75. The molecule has 19 heavy (non-hydrogen) atoms. The number of rotatable bonds is 4. The summed E-state index contributed by atoms with van der Waals surface area (Å²) < 4.78 is 28.3. The van der Waals surface area contributed by atoms with E-state index in [9.17, 15) is 13.2 Å². The van der Waals surface area contributed by atoms with Crippen LogP contribution in [-0.2, 0) is 14.8 Å². The molecule has 0 saturated carbocycles. The molecule has 3 N–H and O–H groups in total. The van der Waals surface area contributed by atoms with Crippen molar-refractivity contribution in [3.05, 3.63) is 22.8 Å². The molecule has 106 valence electrons. The van der Waals surface area contributed by atoms with Crippen LogP contribution < -0.4 is 15.2 Å². The van der Waals surface area contributed by atoms with Gasteiger partial charge in [0.05, 0.1) is 4.90 Å². The minimum Gasteiger partial charge on any atom is -0.483 e. The molecule has 7 heteroatoms. The monoisotopic (exact) mass is 286 g/mol. The fraction of sp³-hybridized carbons (Fsp3) is 0.417. The molecule has 0 atom stereocenters. The third kappa shape index (κ3) is 3.45. The molecule has 0 aliphatic heterocycles. The summed E-state index contributed by atoms with van der Waals surface area (Å²) in [4.78, 5) is 11.2. The van der Waals surface area contributed by atoms with E-state index in [2.05, 4.69) is 5.32 Å². The summed E-state index contributed by atoms with van der Waals surface area (Å²) in [5.74, 6) is 0.250. The Kier molecular flexibility index (Phi) is 4.54. The molecule has 0 spiro atoms. The second kappa shape index (κ2) is 5.58. The highest BCUT2D eigenvalue weighted by atomic mass is 32.2. The van der Waals surface area contributed by atoms with Crippen molar-refractivity contribution in [1.82, 2.24) is 5.32 Å². The Balaban J connectivity index is 3.23. The number of nitrogens with two attached hydrogens (primary N) is 1. The third-order valence-electron chi connectivity index (χ3n) is 2.91. The number of carbonyl (C=O) groups is 1. The number of hydrogen-bond donors (Lipinski definition) is 2. The van der Waals surface area contributed by atoms with Crippen LogP contribution in [0.2, 0.25) is 0 Å². The predicted molar refractivity (Wildman–Crippen MR) is 71.6 cm³/mol. The fourth-order valence-corrected chi connectivity index (χ4v) is 2.67. The average Bonchev–Trinajstić information content (AvgIpc) is 2.31. The van der Waals surface area contributed by atoms with Crippen molar-refractivity contribution in [2.24, 2.45) is 5.14 Å². The Labute approximate surface area is 113 Å². The van der Waals surface area contributed by atoms with E-state index in [0.29, 0.717) is 22.4 Å². The number of primary sulfonamides is 1. The topological polar surface area (TPSA) is 98.5 Å². The van der Waals surface area contributed by atoms with Crippen molar-refractivity contribution < 1.29 is 17.9 Å². The lowest BCUT2D eigenvalue weighted by Gasteiger charge is -2.16. The Morgan fingerprint density at radius 1 is 1.32 bits per heavy atom. The molecule has 1 aromatic carbocycles. The van der Waals surface area contributed by atoms with Gasteiger partial charge in [0.1, 0.15) is 5.75 Å². The maximum absolute atomic E-state index is 11.5. The van der Waals surface area contributed by atoms with Crippen LogP contribution in [0.5, 0.6) is 5.75 Å². The van der Waals surface area contributed by atoms with Gasteiger partial charge in [0, 0.05) is 7.05 Å². The second-order valence-electron chi connectivity index (χ2n) is 4.28. The van der Waals surface area contributed by atoms with Crippen molar-refractivity contribution in [3.63, 3.8) is 0 Å². The van der Waals surface area contributed by atoms with Gasteiger partial charge in [0.2, 0.25) is 10.0 Å². The molecule has 0 heterocycles. The SMILES string of the molecule is CNC(=O)COc1c(C)cc(S(N)(=O)=O)c(C)c1C. The zero-order valence-corrected chi connectivity index (χ0v) is 12.2. The number of sulfonamides is 1. The molecule has 0 fully saturated rings. The number of carbonyl (C=O) groups excluding carboxylic acids is 1. The molecule has 1 rings (SSSR count). The Hall–Kier alpha value is -1.60. The smallest absolute Gasteiger partial charge is 0.257 e. The minimum atomic E-state index is -3.77. The first-order valence-corrected chi connectivity index (χ1v) is 7.20. The van der Waals surface area contributed by atoms with E-state index in [1.807, 2.05) is 0 Å². The third-order valence-corrected chi connectivity index (χ3v) is 3.95. The van der Waals surface area contributed by atoms with Gasteiger partial charge in [-0.25, -0.2) is 13.6 Å². The van der Waals surface area contributed by atoms with Gasteiger partial charge in [0.15, 0.2) is 6.61 Å². The first kappa shape index (κ1) is 15.5. The van der Waals surface area contributed by atoms with Crippen LogP contribution in [0.25, 0.3) is 0 Å². The van der Waals surface area contributed by atoms with Crippen LogP contribution in [0.4, 0.5) is 0 Å². The van der Waals surface area contributed by atoms with Crippen LogP contribution in [0, 0.1) is 20.8 Å². The zero-order chi connectivity index (χ0) is 14.8. The molecule has 6 nitrogen and oxygen atoms in total. The normalized spacial score (nSPS) is 11.2. The number of amides is 1. The largest absolute Gasteiger partial charge is 0.483 e. The highest BCUT2D eigenvalue weighted by Crippen LogP contribution is 2.30. The quantitative estimate of drug-likeness (QED) is 0.836. The summed E-state index contributed by atoms with van der Waals surface area (Å²) in [6, 6.07) is 1.46. The van der Waals surface area contributed by atoms with Crippen LogP contribution in [0.1, 0.15) is 16.7 Å². The lowest BCUT2D eigenvalue weighted by molar-refractivity contribution is -0.122. The highest BCUT2D eigenvalue weighted by molar-refractivity contribution is 7.89. The van der Waals surface area contributed by atoms with Crippen molar-refractivity contribution in [3.8, 4) is 5.75 Å². The Morgan fingerprint density at radius 3 is 2.37 bits per heavy atom. The van der Waals surface area contributed by atoms with Crippen molar-refractivity contribution >= 4 is 15.9 Å². The van der Waals surface area contributed by atoms with Gasteiger partial charge >= 0.3 is 0 Å². The number of hydrogen-bond acceptors (Lipinski definition) is 4. The predicted octanol–water partition coefficient (Wildman–Crippen LogP) is 0.384. The summed E-state index contributed by atoms with van der Waals surface area (Å²) in [6.45, 7) is 4.98. The lowest BCUT2D eigenvalue weighted by Crippen LogP contribution is -2.25. The summed E-state index contributed by atoms with van der Waals surface area (Å²) in [5.41, 5.74) is 1.81. The van der Waals surface area contributed by atoms with Crippen LogP contribution in [-0.4, -0.2) is 28.0 Å². The summed E-state index contributed by atoms with van der Waals surface area (Å²) in [7, 11) is -2.25. The van der Waals surface area contributed by atoms with E-state index in [-0.39, 0.29) is 17.4 Å². The number of aryl methyl sites for hydroxylation is 1. The average molecular weight is 286 g/mol. The molecule has 0 bridgehead atoms. The molecular weight excluding hydrogens is 268 g/mol. The highest BCUT2D eigenvalue weighted by Gasteiger charge is 2.18. The molecule has 0 saturated heterocycles. The first-order chi connectivity index (χ1) is 8.68. The zero-order valence-electron chi connectivity index (χ0n) is 11.4. The Morgan fingerprint density at radius 2 is 1.89 bits per heavy atom. The Bertz CT molecular complexity index is 609. The van der Waals surface area contributed by atoms with E-state index >= 15 is 0 Å². The van der Waals surface area contributed by atoms with Crippen molar-refractivity contribution in [1.29, 1.82) is 0 Å². The molecule has 0 aliphatic carbocycles. The van der Waals surface area contributed by atoms with Crippen molar-refractivity contribution in [2.75, 3.05) is 13.7 Å². The number of nitrogens with one attached hydrogen (secondary N) is 1. The van der Waals surface area contributed by atoms with E-state index in [4.69, 9.17) is 9.88 Å². The maximum Gasteiger partial charge on any atom is 0.257 e. The molecule has 1 amide bonds. The summed E-state index contributed by atoms with van der Waals surface area (Å²) in [6.07, 6.45) is 0. The minimum absolute atomic E-state index is 0.0785. The second-order valence-corrected chi connectivity index (χ2v) is 5.81. The maximum atomic E-state index is 11.5. The summed E-state index contributed by atoms with van der Waals surface area (Å²) in [5, 5.41) is 7.60. The van der Waals surface area contributed by atoms with E-state index in [1.165, 1.54) is 13.1 Å². The van der Waals surface area contributed by atoms with Gasteiger partial charge in [-0.05, 0) is 43.5 Å². The molecule has 0 unspecified atom stereocenters. The molecular formula is C12H18N2O4S. The van der Waals surface area contributed by atoms with Gasteiger partial charge in [-0.3, -0.25) is 4.79 Å². The van der Waals surface area contributed by atoms with Crippen LogP contribution in [0.3, 0.4) is 0 Å². The van der Waals surface area contributed by atoms with Gasteiger partial charge < -0.3 is 10.1 Å². The van der Waals surface area contributed by atoms with Crippen molar-refractivity contribution in [2.45, 2.75) is 25.7 Å². The van der Waals surface area contributed by atoms with E-state index < -0.39 is 10.0 Å². The van der Waals surface area contributed by atoms with E-state index in [0.717, 1.165) is 0 Å². The standard InChI is InChI=1S/C12H18N2O4S/c1-7-5-10(19(13,16)17)8(2)9(3)12(7)18-6-11(15)14-4/h5H,6H2,1-4H3,(H,14,15)(H2,13,16,17). The van der Waals surface area contributed by atoms with Gasteiger partial charge in [-0.15, -0.1) is 0 Å². The molecule has 0 radical (unpaired) electrons. The van der Waals surface area contributed by atoms with Gasteiger partial charge in [-0.2, -0.15) is 0 Å². The number of benzene rings is 1. The molecule has 0 aliphatic rings. The number of likely N-dealkylation sites (N-methyl/N-ethyl adjacent to an activating group) is 1. The molecule has 0 aromatic heterocycles. The summed E-state index contributed by atoms with van der Waals surface area (Å²) >= 11 is 0. The lowest BCUT2D eigenvalue weighted by atomic mass is 10.1. The van der Waals surface area contributed by atoms with Crippen LogP contribution >= 0.6 is 0 Å². The number of ether oxygens (including phenoxy) is 1. The van der Waals surface area contributed by atoms with Gasteiger partial charge in [0.25, 0.3) is 5.91 Å². The van der Waals surface area contributed by atoms with Crippen LogP contribution in [0.15, 0.2) is 11.0 Å².